The Labute approximate surface area is 243 Å². The van der Waals surface area contributed by atoms with Crippen molar-refractivity contribution in [3.8, 4) is 11.5 Å². The van der Waals surface area contributed by atoms with E-state index in [1.54, 1.807) is 24.3 Å². The van der Waals surface area contributed by atoms with Crippen LogP contribution in [-0.4, -0.2) is 86.1 Å². The highest BCUT2D eigenvalue weighted by Gasteiger charge is 2.30. The van der Waals surface area contributed by atoms with Gasteiger partial charge in [-0.05, 0) is 54.9 Å². The first-order chi connectivity index (χ1) is 20.3. The number of nitro groups is 1. The Bertz CT molecular complexity index is 1470. The number of non-ortho nitro benzene ring substituents is 1. The third kappa shape index (κ3) is 7.26. The van der Waals surface area contributed by atoms with Crippen molar-refractivity contribution in [3.63, 3.8) is 0 Å². The van der Waals surface area contributed by atoms with Crippen LogP contribution >= 0.6 is 0 Å². The minimum Gasteiger partial charge on any atom is -0.467 e. The Kier molecular flexibility index (Phi) is 9.37. The minimum atomic E-state index is -4.16. The third-order valence-electron chi connectivity index (χ3n) is 7.07. The van der Waals surface area contributed by atoms with Gasteiger partial charge in [0.1, 0.15) is 5.76 Å². The number of furan rings is 1. The Morgan fingerprint density at radius 2 is 1.76 bits per heavy atom. The van der Waals surface area contributed by atoms with E-state index >= 15 is 0 Å². The lowest BCUT2D eigenvalue weighted by molar-refractivity contribution is -0.384. The molecule has 2 aromatic carbocycles. The normalized spacial score (nSPS) is 15.2. The second kappa shape index (κ2) is 13.3. The number of morpholine rings is 1. The zero-order valence-electron chi connectivity index (χ0n) is 22.9. The predicted molar refractivity (Wildman–Crippen MR) is 149 cm³/mol. The van der Waals surface area contributed by atoms with Gasteiger partial charge < -0.3 is 23.5 Å². The van der Waals surface area contributed by atoms with Crippen molar-refractivity contribution in [2.24, 2.45) is 0 Å². The average Bonchev–Trinajstić information content (AvgIpc) is 3.69. The van der Waals surface area contributed by atoms with Crippen molar-refractivity contribution in [2.45, 2.75) is 24.4 Å². The Morgan fingerprint density at radius 3 is 2.48 bits per heavy atom. The molecule has 5 rings (SSSR count). The number of hydrogen-bond acceptors (Lipinski definition) is 10. The van der Waals surface area contributed by atoms with E-state index in [9.17, 15) is 23.3 Å². The largest absolute Gasteiger partial charge is 0.467 e. The molecule has 13 nitrogen and oxygen atoms in total. The summed E-state index contributed by atoms with van der Waals surface area (Å²) < 4.78 is 50.4. The van der Waals surface area contributed by atoms with Crippen LogP contribution in [0.1, 0.15) is 17.7 Å². The second-order valence-corrected chi connectivity index (χ2v) is 11.9. The average molecular weight is 601 g/mol. The van der Waals surface area contributed by atoms with Crippen LogP contribution in [-0.2, 0) is 32.6 Å². The summed E-state index contributed by atoms with van der Waals surface area (Å²) in [6, 6.07) is 13.5. The van der Waals surface area contributed by atoms with Crippen molar-refractivity contribution in [2.75, 3.05) is 52.7 Å². The molecule has 0 aliphatic carbocycles. The van der Waals surface area contributed by atoms with E-state index in [1.807, 2.05) is 6.07 Å². The molecule has 42 heavy (non-hydrogen) atoms. The van der Waals surface area contributed by atoms with Crippen LogP contribution in [0.25, 0.3) is 0 Å². The fourth-order valence-corrected chi connectivity index (χ4v) is 6.23. The molecule has 0 bridgehead atoms. The Morgan fingerprint density at radius 1 is 1.00 bits per heavy atom. The van der Waals surface area contributed by atoms with Gasteiger partial charge in [0.05, 0.1) is 42.4 Å². The van der Waals surface area contributed by atoms with Crippen LogP contribution in [0.2, 0.25) is 0 Å². The Hall–Kier alpha value is -3.98. The number of benzene rings is 2. The van der Waals surface area contributed by atoms with Crippen molar-refractivity contribution in [1.29, 1.82) is 0 Å². The fourth-order valence-electron chi connectivity index (χ4n) is 4.80. The minimum absolute atomic E-state index is 0.0844. The molecule has 2 aliphatic heterocycles. The van der Waals surface area contributed by atoms with Crippen LogP contribution in [0.4, 0.5) is 5.69 Å². The summed E-state index contributed by atoms with van der Waals surface area (Å²) in [5.74, 6) is 1.30. The molecule has 0 saturated carbocycles. The van der Waals surface area contributed by atoms with E-state index < -0.39 is 27.4 Å². The number of sulfonamides is 1. The van der Waals surface area contributed by atoms with Crippen LogP contribution in [0, 0.1) is 10.1 Å². The maximum Gasteiger partial charge on any atom is 0.269 e. The Balaban J connectivity index is 1.37. The molecule has 3 heterocycles. The summed E-state index contributed by atoms with van der Waals surface area (Å²) in [6.07, 6.45) is 2.00. The molecule has 1 fully saturated rings. The summed E-state index contributed by atoms with van der Waals surface area (Å²) in [4.78, 5) is 27.9. The van der Waals surface area contributed by atoms with Gasteiger partial charge in [-0.15, -0.1) is 0 Å². The van der Waals surface area contributed by atoms with Crippen molar-refractivity contribution in [3.05, 3.63) is 82.3 Å². The standard InChI is InChI=1S/C28H32N4O9S/c33-28(30(19-24-3-1-14-39-24)18-22-4-9-26-27(17-22)41-21-40-26)20-31(11-2-10-29-12-15-38-16-13-29)42(36,37)25-7-5-23(6-8-25)32(34)35/h1,3-9,14,17H,2,10-13,15-16,18-21H2. The number of hydrogen-bond donors (Lipinski definition) is 0. The van der Waals surface area contributed by atoms with E-state index in [0.717, 1.165) is 35.1 Å². The molecule has 3 aromatic rings. The maximum absolute atomic E-state index is 13.8. The molecule has 0 radical (unpaired) electrons. The van der Waals surface area contributed by atoms with Gasteiger partial charge in [-0.1, -0.05) is 6.07 Å². The first-order valence-corrected chi connectivity index (χ1v) is 15.0. The zero-order valence-corrected chi connectivity index (χ0v) is 23.7. The number of nitro benzene ring substituents is 1. The molecular formula is C28H32N4O9S. The lowest BCUT2D eigenvalue weighted by Crippen LogP contribution is -2.44. The van der Waals surface area contributed by atoms with E-state index in [4.69, 9.17) is 18.6 Å². The van der Waals surface area contributed by atoms with Crippen molar-refractivity contribution in [1.82, 2.24) is 14.1 Å². The van der Waals surface area contributed by atoms with Gasteiger partial charge in [-0.3, -0.25) is 19.8 Å². The highest BCUT2D eigenvalue weighted by Crippen LogP contribution is 2.33. The summed E-state index contributed by atoms with van der Waals surface area (Å²) in [6.45, 7) is 3.45. The summed E-state index contributed by atoms with van der Waals surface area (Å²) in [5, 5.41) is 11.1. The highest BCUT2D eigenvalue weighted by molar-refractivity contribution is 7.89. The fraction of sp³-hybridized carbons (Fsp3) is 0.393. The van der Waals surface area contributed by atoms with Gasteiger partial charge >= 0.3 is 0 Å². The van der Waals surface area contributed by atoms with Crippen molar-refractivity contribution >= 4 is 21.6 Å². The highest BCUT2D eigenvalue weighted by atomic mass is 32.2. The second-order valence-electron chi connectivity index (χ2n) is 9.91. The molecule has 2 aliphatic rings. The number of fused-ring (bicyclic) bond motifs is 1. The zero-order chi connectivity index (χ0) is 29.5. The molecule has 1 saturated heterocycles. The molecule has 14 heteroatoms. The van der Waals surface area contributed by atoms with Gasteiger partial charge in [0, 0.05) is 38.3 Å². The molecule has 0 unspecified atom stereocenters. The SMILES string of the molecule is O=C(CN(CCCN1CCOCC1)S(=O)(=O)c1ccc([N+](=O)[O-])cc1)N(Cc1ccc2c(c1)OCO2)Cc1ccco1. The van der Waals surface area contributed by atoms with Gasteiger partial charge in [-0.2, -0.15) is 4.31 Å². The van der Waals surface area contributed by atoms with Crippen LogP contribution in [0.3, 0.4) is 0 Å². The number of carbonyl (C=O) groups excluding carboxylic acids is 1. The number of amides is 1. The molecule has 224 valence electrons. The quantitative estimate of drug-likeness (QED) is 0.212. The van der Waals surface area contributed by atoms with Gasteiger partial charge in [0.25, 0.3) is 5.69 Å². The maximum atomic E-state index is 13.8. The van der Waals surface area contributed by atoms with Crippen molar-refractivity contribution < 1.29 is 36.8 Å². The van der Waals surface area contributed by atoms with E-state index in [0.29, 0.717) is 43.4 Å². The number of nitrogens with zero attached hydrogens (tertiary/aromatic N) is 4. The first kappa shape index (κ1) is 29.5. The third-order valence-corrected chi connectivity index (χ3v) is 8.93. The van der Waals surface area contributed by atoms with Gasteiger partial charge in [0.2, 0.25) is 22.7 Å². The molecular weight excluding hydrogens is 568 g/mol. The predicted octanol–water partition coefficient (Wildman–Crippen LogP) is 2.86. The lowest BCUT2D eigenvalue weighted by atomic mass is 10.2. The molecule has 0 spiro atoms. The van der Waals surface area contributed by atoms with Gasteiger partial charge in [-0.25, -0.2) is 8.42 Å². The molecule has 1 aromatic heterocycles. The number of carbonyl (C=O) groups is 1. The lowest BCUT2D eigenvalue weighted by Gasteiger charge is -2.29. The smallest absolute Gasteiger partial charge is 0.269 e. The monoisotopic (exact) mass is 600 g/mol. The summed E-state index contributed by atoms with van der Waals surface area (Å²) in [5.41, 5.74) is 0.550. The first-order valence-electron chi connectivity index (χ1n) is 13.5. The van der Waals surface area contributed by atoms with Crippen LogP contribution in [0.5, 0.6) is 11.5 Å². The van der Waals surface area contributed by atoms with E-state index in [2.05, 4.69) is 4.90 Å². The molecule has 0 atom stereocenters. The number of rotatable bonds is 13. The van der Waals surface area contributed by atoms with E-state index in [1.165, 1.54) is 23.3 Å². The van der Waals surface area contributed by atoms with Crippen LogP contribution in [0.15, 0.2) is 70.2 Å². The molecule has 0 N–H and O–H groups in total. The summed E-state index contributed by atoms with van der Waals surface area (Å²) in [7, 11) is -4.16. The number of ether oxygens (including phenoxy) is 3. The van der Waals surface area contributed by atoms with E-state index in [-0.39, 0.29) is 37.0 Å². The van der Waals surface area contributed by atoms with Gasteiger partial charge in [0.15, 0.2) is 11.5 Å². The topological polar surface area (TPSA) is 145 Å². The van der Waals surface area contributed by atoms with Crippen LogP contribution < -0.4 is 9.47 Å². The molecule has 1 amide bonds. The summed E-state index contributed by atoms with van der Waals surface area (Å²) >= 11 is 0.